The molecule has 33 heavy (non-hydrogen) atoms. The number of carboxylic acids is 1. The molecular weight excluding hydrogens is 460 g/mol. The molecule has 2 aliphatic heterocycles. The molecule has 2 fully saturated rings. The van der Waals surface area contributed by atoms with Gasteiger partial charge in [-0.3, -0.25) is 23.9 Å². The Labute approximate surface area is 202 Å². The summed E-state index contributed by atoms with van der Waals surface area (Å²) in [7, 11) is 0. The van der Waals surface area contributed by atoms with E-state index in [1.165, 1.54) is 4.90 Å². The minimum atomic E-state index is -0.919. The number of thiocarbonyl (C=S) groups is 1. The molecule has 0 saturated carbocycles. The van der Waals surface area contributed by atoms with E-state index < -0.39 is 5.97 Å². The number of nitriles is 1. The lowest BCUT2D eigenvalue weighted by atomic mass is 9.98. The zero-order chi connectivity index (χ0) is 24.3. The van der Waals surface area contributed by atoms with Gasteiger partial charge in [0.25, 0.3) is 11.5 Å². The Morgan fingerprint density at radius 1 is 1.39 bits per heavy atom. The second kappa shape index (κ2) is 10.5. The molecule has 2 aliphatic rings. The second-order valence-electron chi connectivity index (χ2n) is 8.42. The molecular formula is C23H28N4O4S2. The summed E-state index contributed by atoms with van der Waals surface area (Å²) in [5.74, 6) is 0.00969. The Kier molecular flexibility index (Phi) is 7.97. The van der Waals surface area contributed by atoms with Crippen LogP contribution in [0.1, 0.15) is 56.2 Å². The number of carbonyl (C=O) groups is 2. The zero-order valence-corrected chi connectivity index (χ0v) is 20.7. The first-order valence-corrected chi connectivity index (χ1v) is 12.3. The molecule has 1 amide bonds. The summed E-state index contributed by atoms with van der Waals surface area (Å²) in [5, 5.41) is 18.6. The van der Waals surface area contributed by atoms with Crippen molar-refractivity contribution in [3.63, 3.8) is 0 Å². The predicted octanol–water partition coefficient (Wildman–Crippen LogP) is 3.35. The molecule has 3 heterocycles. The standard InChI is InChI=1S/C23H28N4O4S2/c1-4-26-20(25-9-5-7-14(2)13-25)16(15(3)17(12-24)21(26)30)11-18-22(31)27(23(32)33-18)10-6-8-19(28)29/h11,14H,4-10,13H2,1-3H3,(H,28,29). The Balaban J connectivity index is 2.10. The van der Waals surface area contributed by atoms with Gasteiger partial charge >= 0.3 is 5.97 Å². The molecule has 10 heteroatoms. The van der Waals surface area contributed by atoms with E-state index in [2.05, 4.69) is 11.8 Å². The minimum absolute atomic E-state index is 0.0422. The van der Waals surface area contributed by atoms with Gasteiger partial charge in [0.15, 0.2) is 0 Å². The van der Waals surface area contributed by atoms with E-state index in [1.807, 2.05) is 13.0 Å². The lowest BCUT2D eigenvalue weighted by Gasteiger charge is -2.35. The third kappa shape index (κ3) is 5.14. The number of thioether (sulfide) groups is 1. The molecule has 1 aromatic heterocycles. The summed E-state index contributed by atoms with van der Waals surface area (Å²) >= 11 is 6.54. The summed E-state index contributed by atoms with van der Waals surface area (Å²) in [6.07, 6.45) is 4.13. The highest BCUT2D eigenvalue weighted by atomic mass is 32.2. The molecule has 0 spiro atoms. The van der Waals surface area contributed by atoms with E-state index >= 15 is 0 Å². The van der Waals surface area contributed by atoms with Gasteiger partial charge in [-0.1, -0.05) is 30.9 Å². The van der Waals surface area contributed by atoms with Gasteiger partial charge in [-0.15, -0.1) is 0 Å². The molecule has 3 rings (SSSR count). The lowest BCUT2D eigenvalue weighted by molar-refractivity contribution is -0.137. The number of hydrogen-bond acceptors (Lipinski definition) is 7. The summed E-state index contributed by atoms with van der Waals surface area (Å²) < 4.78 is 2.01. The third-order valence-electron chi connectivity index (χ3n) is 6.04. The number of carboxylic acid groups (broad SMARTS) is 1. The quantitative estimate of drug-likeness (QED) is 0.460. The van der Waals surface area contributed by atoms with Crippen molar-refractivity contribution < 1.29 is 14.7 Å². The number of hydrogen-bond donors (Lipinski definition) is 1. The number of aromatic nitrogens is 1. The average molecular weight is 489 g/mol. The van der Waals surface area contributed by atoms with Crippen molar-refractivity contribution >= 4 is 52.1 Å². The van der Waals surface area contributed by atoms with Crippen molar-refractivity contribution in [1.82, 2.24) is 9.47 Å². The number of pyridine rings is 1. The molecule has 0 radical (unpaired) electrons. The highest BCUT2D eigenvalue weighted by molar-refractivity contribution is 8.26. The molecule has 1 unspecified atom stereocenters. The minimum Gasteiger partial charge on any atom is -0.481 e. The SMILES string of the molecule is CCn1c(N2CCCC(C)C2)c(C=C2SC(=S)N(CCCC(=O)O)C2=O)c(C)c(C#N)c1=O. The van der Waals surface area contributed by atoms with Gasteiger partial charge in [0.2, 0.25) is 0 Å². The van der Waals surface area contributed by atoms with Crippen LogP contribution in [0.5, 0.6) is 0 Å². The van der Waals surface area contributed by atoms with E-state index in [9.17, 15) is 19.6 Å². The van der Waals surface area contributed by atoms with Gasteiger partial charge < -0.3 is 10.0 Å². The van der Waals surface area contributed by atoms with Gasteiger partial charge in [0.05, 0.1) is 4.91 Å². The van der Waals surface area contributed by atoms with Crippen molar-refractivity contribution in [2.45, 2.75) is 53.0 Å². The van der Waals surface area contributed by atoms with Crippen molar-refractivity contribution in [3.8, 4) is 6.07 Å². The molecule has 0 bridgehead atoms. The lowest BCUT2D eigenvalue weighted by Crippen LogP contribution is -2.40. The van der Waals surface area contributed by atoms with Crippen LogP contribution in [-0.2, 0) is 16.1 Å². The fourth-order valence-corrected chi connectivity index (χ4v) is 5.66. The first-order valence-electron chi connectivity index (χ1n) is 11.1. The molecule has 1 atom stereocenters. The second-order valence-corrected chi connectivity index (χ2v) is 10.1. The van der Waals surface area contributed by atoms with Crippen LogP contribution in [0.15, 0.2) is 9.70 Å². The van der Waals surface area contributed by atoms with E-state index in [0.29, 0.717) is 39.2 Å². The van der Waals surface area contributed by atoms with Gasteiger partial charge in [-0.2, -0.15) is 5.26 Å². The Hall–Kier alpha value is -2.64. The Morgan fingerprint density at radius 3 is 2.73 bits per heavy atom. The summed E-state index contributed by atoms with van der Waals surface area (Å²) in [4.78, 5) is 41.0. The maximum Gasteiger partial charge on any atom is 0.303 e. The van der Waals surface area contributed by atoms with Crippen LogP contribution >= 0.6 is 24.0 Å². The molecule has 1 aromatic rings. The molecule has 176 valence electrons. The fraction of sp³-hybridized carbons (Fsp3) is 0.522. The van der Waals surface area contributed by atoms with Gasteiger partial charge in [-0.25, -0.2) is 0 Å². The largest absolute Gasteiger partial charge is 0.481 e. The maximum absolute atomic E-state index is 13.1. The van der Waals surface area contributed by atoms with Crippen LogP contribution in [0.25, 0.3) is 6.08 Å². The first kappa shape index (κ1) is 25.0. The van der Waals surface area contributed by atoms with E-state index in [0.717, 1.165) is 43.5 Å². The fourth-order valence-electron chi connectivity index (χ4n) is 4.37. The van der Waals surface area contributed by atoms with Crippen molar-refractivity contribution in [2.24, 2.45) is 5.92 Å². The monoisotopic (exact) mass is 488 g/mol. The van der Waals surface area contributed by atoms with E-state index in [4.69, 9.17) is 17.3 Å². The summed E-state index contributed by atoms with van der Waals surface area (Å²) in [6.45, 7) is 8.04. The third-order valence-corrected chi connectivity index (χ3v) is 7.42. The number of amides is 1. The van der Waals surface area contributed by atoms with Crippen LogP contribution < -0.4 is 10.5 Å². The predicted molar refractivity (Wildman–Crippen MR) is 133 cm³/mol. The normalized spacial score (nSPS) is 19.9. The number of aliphatic carboxylic acids is 1. The molecule has 2 saturated heterocycles. The maximum atomic E-state index is 13.1. The highest BCUT2D eigenvalue weighted by Gasteiger charge is 2.33. The number of nitrogens with zero attached hydrogens (tertiary/aromatic N) is 4. The number of carbonyl (C=O) groups excluding carboxylic acids is 1. The topological polar surface area (TPSA) is 107 Å². The van der Waals surface area contributed by atoms with Crippen LogP contribution in [0.4, 0.5) is 5.82 Å². The van der Waals surface area contributed by atoms with E-state index in [1.54, 1.807) is 17.6 Å². The van der Waals surface area contributed by atoms with Crippen molar-refractivity contribution in [1.29, 1.82) is 5.26 Å². The van der Waals surface area contributed by atoms with Crippen LogP contribution in [0, 0.1) is 24.2 Å². The van der Waals surface area contributed by atoms with Crippen LogP contribution in [-0.4, -0.2) is 50.4 Å². The smallest absolute Gasteiger partial charge is 0.303 e. The molecule has 1 N–H and O–H groups in total. The Morgan fingerprint density at radius 2 is 2.12 bits per heavy atom. The van der Waals surface area contributed by atoms with Crippen molar-refractivity contribution in [2.75, 3.05) is 24.5 Å². The number of anilines is 1. The van der Waals surface area contributed by atoms with Gasteiger partial charge in [0.1, 0.15) is 21.8 Å². The zero-order valence-electron chi connectivity index (χ0n) is 19.1. The molecule has 0 aliphatic carbocycles. The molecule has 8 nitrogen and oxygen atoms in total. The van der Waals surface area contributed by atoms with Gasteiger partial charge in [-0.05, 0) is 50.7 Å². The number of piperidine rings is 1. The van der Waals surface area contributed by atoms with Crippen LogP contribution in [0.2, 0.25) is 0 Å². The van der Waals surface area contributed by atoms with Crippen LogP contribution in [0.3, 0.4) is 0 Å². The highest BCUT2D eigenvalue weighted by Crippen LogP contribution is 2.36. The first-order chi connectivity index (χ1) is 15.7. The van der Waals surface area contributed by atoms with E-state index in [-0.39, 0.29) is 30.0 Å². The summed E-state index contributed by atoms with van der Waals surface area (Å²) in [6, 6.07) is 2.05. The average Bonchev–Trinajstić information content (AvgIpc) is 3.02. The van der Waals surface area contributed by atoms with Crippen molar-refractivity contribution in [3.05, 3.63) is 31.9 Å². The number of rotatable bonds is 7. The van der Waals surface area contributed by atoms with Gasteiger partial charge in [0, 0.05) is 38.2 Å². The Bertz CT molecular complexity index is 1120. The summed E-state index contributed by atoms with van der Waals surface area (Å²) in [5.41, 5.74) is 1.00. The molecule has 0 aromatic carbocycles.